The highest BCUT2D eigenvalue weighted by atomic mass is 32.2. The van der Waals surface area contributed by atoms with E-state index < -0.39 is 0 Å². The first-order valence-electron chi connectivity index (χ1n) is 5.98. The van der Waals surface area contributed by atoms with Gasteiger partial charge in [0.15, 0.2) is 0 Å². The number of thioether (sulfide) groups is 1. The van der Waals surface area contributed by atoms with Gasteiger partial charge in [-0.15, -0.1) is 11.8 Å². The quantitative estimate of drug-likeness (QED) is 0.811. The Bertz CT molecular complexity index is 421. The number of aryl methyl sites for hydroxylation is 2. The molecular formula is C12H18N2O3S. The highest BCUT2D eigenvalue weighted by Gasteiger charge is 2.43. The molecule has 0 atom stereocenters. The van der Waals surface area contributed by atoms with E-state index in [2.05, 4.69) is 10.5 Å². The van der Waals surface area contributed by atoms with Crippen molar-refractivity contribution in [3.63, 3.8) is 0 Å². The van der Waals surface area contributed by atoms with Gasteiger partial charge < -0.3 is 14.9 Å². The van der Waals surface area contributed by atoms with E-state index in [4.69, 9.17) is 9.63 Å². The summed E-state index contributed by atoms with van der Waals surface area (Å²) in [4.78, 5) is 11.7. The van der Waals surface area contributed by atoms with Crippen molar-refractivity contribution in [3.8, 4) is 0 Å². The number of hydrogen-bond acceptors (Lipinski definition) is 5. The van der Waals surface area contributed by atoms with Gasteiger partial charge in [0.1, 0.15) is 5.76 Å². The first kappa shape index (κ1) is 13.4. The standard InChI is InChI=1S/C12H18N2O3S/c1-8-10(9(2)17-14-8)5-18-6-11(16)13-12(7-15)3-4-12/h15H,3-7H2,1-2H3,(H,13,16). The van der Waals surface area contributed by atoms with Crippen LogP contribution < -0.4 is 5.32 Å². The van der Waals surface area contributed by atoms with Gasteiger partial charge in [-0.1, -0.05) is 5.16 Å². The number of carbonyl (C=O) groups excluding carboxylic acids is 1. The van der Waals surface area contributed by atoms with E-state index in [1.54, 1.807) is 0 Å². The minimum Gasteiger partial charge on any atom is -0.394 e. The molecule has 100 valence electrons. The van der Waals surface area contributed by atoms with Gasteiger partial charge in [0, 0.05) is 11.3 Å². The number of nitrogens with one attached hydrogen (secondary N) is 1. The average molecular weight is 270 g/mol. The van der Waals surface area contributed by atoms with Gasteiger partial charge in [0.2, 0.25) is 5.91 Å². The van der Waals surface area contributed by atoms with Crippen molar-refractivity contribution in [3.05, 3.63) is 17.0 Å². The number of aliphatic hydroxyl groups excluding tert-OH is 1. The molecule has 0 aliphatic heterocycles. The molecule has 0 unspecified atom stereocenters. The van der Waals surface area contributed by atoms with Crippen molar-refractivity contribution >= 4 is 17.7 Å². The van der Waals surface area contributed by atoms with Crippen molar-refractivity contribution in [1.29, 1.82) is 0 Å². The predicted molar refractivity (Wildman–Crippen MR) is 69.3 cm³/mol. The van der Waals surface area contributed by atoms with Crippen molar-refractivity contribution in [1.82, 2.24) is 10.5 Å². The minimum atomic E-state index is -0.319. The average Bonchev–Trinajstić information content (AvgIpc) is 3.04. The Morgan fingerprint density at radius 1 is 1.56 bits per heavy atom. The van der Waals surface area contributed by atoms with Crippen LogP contribution in [0.1, 0.15) is 29.9 Å². The number of aliphatic hydroxyl groups is 1. The zero-order chi connectivity index (χ0) is 13.2. The molecule has 0 saturated heterocycles. The van der Waals surface area contributed by atoms with Crippen LogP contribution in [-0.2, 0) is 10.5 Å². The molecule has 1 saturated carbocycles. The summed E-state index contributed by atoms with van der Waals surface area (Å²) in [5.74, 6) is 1.92. The Hall–Kier alpha value is -1.01. The Kier molecular flexibility index (Phi) is 3.97. The van der Waals surface area contributed by atoms with E-state index in [-0.39, 0.29) is 18.1 Å². The number of rotatable bonds is 6. The number of hydrogen-bond donors (Lipinski definition) is 2. The molecule has 0 spiro atoms. The van der Waals surface area contributed by atoms with Crippen molar-refractivity contribution in [2.45, 2.75) is 38.0 Å². The highest BCUT2D eigenvalue weighted by molar-refractivity contribution is 7.99. The zero-order valence-corrected chi connectivity index (χ0v) is 11.5. The molecule has 0 bridgehead atoms. The molecule has 1 amide bonds. The Morgan fingerprint density at radius 2 is 2.28 bits per heavy atom. The van der Waals surface area contributed by atoms with Gasteiger partial charge in [-0.3, -0.25) is 4.79 Å². The first-order valence-corrected chi connectivity index (χ1v) is 7.13. The predicted octanol–water partition coefficient (Wildman–Crippen LogP) is 1.17. The van der Waals surface area contributed by atoms with Crippen LogP contribution in [0.5, 0.6) is 0 Å². The molecule has 1 heterocycles. The third-order valence-electron chi connectivity index (χ3n) is 3.22. The van der Waals surface area contributed by atoms with E-state index >= 15 is 0 Å². The van der Waals surface area contributed by atoms with Gasteiger partial charge in [0.25, 0.3) is 0 Å². The second-order valence-corrected chi connectivity index (χ2v) is 5.77. The van der Waals surface area contributed by atoms with Gasteiger partial charge in [-0.25, -0.2) is 0 Å². The van der Waals surface area contributed by atoms with Gasteiger partial charge in [-0.05, 0) is 26.7 Å². The second kappa shape index (κ2) is 5.32. The van der Waals surface area contributed by atoms with Crippen LogP contribution >= 0.6 is 11.8 Å². The van der Waals surface area contributed by atoms with E-state index in [0.29, 0.717) is 5.75 Å². The zero-order valence-electron chi connectivity index (χ0n) is 10.7. The highest BCUT2D eigenvalue weighted by Crippen LogP contribution is 2.34. The normalized spacial score (nSPS) is 16.6. The molecule has 1 aliphatic carbocycles. The summed E-state index contributed by atoms with van der Waals surface area (Å²) in [5, 5.41) is 15.9. The van der Waals surface area contributed by atoms with Crippen LogP contribution in [-0.4, -0.2) is 34.1 Å². The molecule has 1 aliphatic rings. The third-order valence-corrected chi connectivity index (χ3v) is 4.18. The monoisotopic (exact) mass is 270 g/mol. The fraction of sp³-hybridized carbons (Fsp3) is 0.667. The van der Waals surface area contributed by atoms with Crippen molar-refractivity contribution in [2.24, 2.45) is 0 Å². The lowest BCUT2D eigenvalue weighted by atomic mass is 10.2. The minimum absolute atomic E-state index is 0.0155. The smallest absolute Gasteiger partial charge is 0.230 e. The molecule has 2 N–H and O–H groups in total. The SMILES string of the molecule is Cc1noc(C)c1CSCC(=O)NC1(CO)CC1. The second-order valence-electron chi connectivity index (χ2n) is 4.78. The molecule has 0 radical (unpaired) electrons. The number of amides is 1. The van der Waals surface area contributed by atoms with Crippen LogP contribution in [0.15, 0.2) is 4.52 Å². The topological polar surface area (TPSA) is 75.4 Å². The Morgan fingerprint density at radius 3 is 2.78 bits per heavy atom. The summed E-state index contributed by atoms with van der Waals surface area (Å²) in [7, 11) is 0. The van der Waals surface area contributed by atoms with Crippen LogP contribution in [0.2, 0.25) is 0 Å². The molecule has 5 nitrogen and oxygen atoms in total. The van der Waals surface area contributed by atoms with Gasteiger partial charge in [-0.2, -0.15) is 0 Å². The van der Waals surface area contributed by atoms with E-state index in [9.17, 15) is 4.79 Å². The summed E-state index contributed by atoms with van der Waals surface area (Å²) in [6, 6.07) is 0. The lowest BCUT2D eigenvalue weighted by molar-refractivity contribution is -0.119. The molecule has 6 heteroatoms. The molecular weight excluding hydrogens is 252 g/mol. The van der Waals surface area contributed by atoms with Gasteiger partial charge >= 0.3 is 0 Å². The lowest BCUT2D eigenvalue weighted by Gasteiger charge is -2.13. The first-order chi connectivity index (χ1) is 8.56. The summed E-state index contributed by atoms with van der Waals surface area (Å²) < 4.78 is 5.06. The number of carbonyl (C=O) groups is 1. The Labute approximate surface area is 110 Å². The molecule has 2 rings (SSSR count). The Balaban J connectivity index is 1.74. The molecule has 1 aromatic rings. The summed E-state index contributed by atoms with van der Waals surface area (Å²) in [6.45, 7) is 3.81. The fourth-order valence-corrected chi connectivity index (χ4v) is 2.74. The molecule has 0 aromatic carbocycles. The van der Waals surface area contributed by atoms with Crippen LogP contribution in [0.3, 0.4) is 0 Å². The van der Waals surface area contributed by atoms with E-state index in [1.807, 2.05) is 13.8 Å². The van der Waals surface area contributed by atoms with Crippen LogP contribution in [0, 0.1) is 13.8 Å². The van der Waals surface area contributed by atoms with Crippen LogP contribution in [0.25, 0.3) is 0 Å². The third kappa shape index (κ3) is 3.05. The maximum absolute atomic E-state index is 11.7. The van der Waals surface area contributed by atoms with Crippen molar-refractivity contribution in [2.75, 3.05) is 12.4 Å². The van der Waals surface area contributed by atoms with Crippen molar-refractivity contribution < 1.29 is 14.4 Å². The maximum atomic E-state index is 11.7. The summed E-state index contributed by atoms with van der Waals surface area (Å²) >= 11 is 1.53. The molecule has 18 heavy (non-hydrogen) atoms. The molecule has 1 fully saturated rings. The number of nitrogens with zero attached hydrogens (tertiary/aromatic N) is 1. The number of aromatic nitrogens is 1. The summed E-state index contributed by atoms with van der Waals surface area (Å²) in [5.41, 5.74) is 1.63. The molecule has 1 aromatic heterocycles. The largest absolute Gasteiger partial charge is 0.394 e. The maximum Gasteiger partial charge on any atom is 0.230 e. The summed E-state index contributed by atoms with van der Waals surface area (Å²) in [6.07, 6.45) is 1.76. The lowest BCUT2D eigenvalue weighted by Crippen LogP contribution is -2.40. The van der Waals surface area contributed by atoms with Gasteiger partial charge in [0.05, 0.1) is 23.6 Å². The fourth-order valence-electron chi connectivity index (χ4n) is 1.76. The van der Waals surface area contributed by atoms with E-state index in [1.165, 1.54) is 11.8 Å². The van der Waals surface area contributed by atoms with E-state index in [0.717, 1.165) is 35.6 Å². The van der Waals surface area contributed by atoms with Crippen LogP contribution in [0.4, 0.5) is 0 Å².